The van der Waals surface area contributed by atoms with Gasteiger partial charge in [-0.15, -0.1) is 0 Å². The fourth-order valence-electron chi connectivity index (χ4n) is 1.70. The fraction of sp³-hybridized carbons (Fsp3) is 0.182. The number of aromatic nitrogens is 2. The number of nitro groups is 1. The molecule has 0 fully saturated rings. The smallest absolute Gasteiger partial charge is 0.269 e. The molecule has 7 nitrogen and oxygen atoms in total. The Hall–Kier alpha value is -2.22. The van der Waals surface area contributed by atoms with Crippen LogP contribution in [0.3, 0.4) is 0 Å². The van der Waals surface area contributed by atoms with Crippen molar-refractivity contribution in [2.75, 3.05) is 0 Å². The molecule has 0 N–H and O–H groups in total. The minimum Gasteiger partial charge on any atom is -0.325 e. The molecule has 0 aliphatic carbocycles. The highest BCUT2D eigenvalue weighted by molar-refractivity contribution is 7.90. The summed E-state index contributed by atoms with van der Waals surface area (Å²) in [5.41, 5.74) is 0.227. The van der Waals surface area contributed by atoms with Gasteiger partial charge in [0.1, 0.15) is 0 Å². The van der Waals surface area contributed by atoms with Crippen molar-refractivity contribution in [3.8, 4) is 0 Å². The van der Waals surface area contributed by atoms with Gasteiger partial charge in [-0.25, -0.2) is 13.4 Å². The lowest BCUT2D eigenvalue weighted by Gasteiger charge is -2.04. The van der Waals surface area contributed by atoms with E-state index in [1.807, 2.05) is 0 Å². The second-order valence-corrected chi connectivity index (χ2v) is 5.89. The van der Waals surface area contributed by atoms with Crippen LogP contribution in [0.4, 0.5) is 5.69 Å². The molecule has 0 saturated heterocycles. The SMILES string of the molecule is Cn1ccnc1S(=O)(=O)Cc1cccc([N+](=O)[O-])c1. The Bertz CT molecular complexity index is 721. The van der Waals surface area contributed by atoms with Crippen LogP contribution in [0.2, 0.25) is 0 Å². The number of rotatable bonds is 4. The van der Waals surface area contributed by atoms with Gasteiger partial charge in [0.2, 0.25) is 15.0 Å². The Kier molecular flexibility index (Phi) is 3.34. The molecule has 19 heavy (non-hydrogen) atoms. The molecule has 8 heteroatoms. The number of hydrogen-bond donors (Lipinski definition) is 0. The maximum atomic E-state index is 12.1. The second kappa shape index (κ2) is 4.81. The summed E-state index contributed by atoms with van der Waals surface area (Å²) in [5, 5.41) is 10.6. The first-order valence-corrected chi connectivity index (χ1v) is 6.99. The summed E-state index contributed by atoms with van der Waals surface area (Å²) in [4.78, 5) is 13.9. The lowest BCUT2D eigenvalue weighted by atomic mass is 10.2. The van der Waals surface area contributed by atoms with Crippen molar-refractivity contribution >= 4 is 15.5 Å². The van der Waals surface area contributed by atoms with Gasteiger partial charge < -0.3 is 4.57 Å². The van der Waals surface area contributed by atoms with E-state index in [2.05, 4.69) is 4.98 Å². The number of benzene rings is 1. The van der Waals surface area contributed by atoms with Crippen LogP contribution < -0.4 is 0 Å². The Balaban J connectivity index is 2.34. The molecule has 0 atom stereocenters. The number of sulfone groups is 1. The van der Waals surface area contributed by atoms with Crippen molar-refractivity contribution in [3.05, 3.63) is 52.3 Å². The van der Waals surface area contributed by atoms with Gasteiger partial charge in [0, 0.05) is 31.6 Å². The zero-order chi connectivity index (χ0) is 14.0. The molecule has 0 radical (unpaired) electrons. The topological polar surface area (TPSA) is 95.1 Å². The van der Waals surface area contributed by atoms with Crippen LogP contribution in [0.25, 0.3) is 0 Å². The van der Waals surface area contributed by atoms with E-state index >= 15 is 0 Å². The molecule has 1 heterocycles. The number of non-ortho nitro benzene ring substituents is 1. The molecule has 1 aromatic heterocycles. The van der Waals surface area contributed by atoms with Crippen molar-refractivity contribution in [1.29, 1.82) is 0 Å². The van der Waals surface area contributed by atoms with Crippen molar-refractivity contribution in [2.24, 2.45) is 7.05 Å². The van der Waals surface area contributed by atoms with Crippen LogP contribution >= 0.6 is 0 Å². The zero-order valence-corrected chi connectivity index (χ0v) is 10.9. The summed E-state index contributed by atoms with van der Waals surface area (Å²) in [6.45, 7) is 0. The Labute approximate surface area is 109 Å². The summed E-state index contributed by atoms with van der Waals surface area (Å²) in [6, 6.07) is 5.56. The van der Waals surface area contributed by atoms with E-state index in [9.17, 15) is 18.5 Å². The molecule has 0 aliphatic heterocycles. The van der Waals surface area contributed by atoms with E-state index in [0.717, 1.165) is 0 Å². The summed E-state index contributed by atoms with van der Waals surface area (Å²) < 4.78 is 25.6. The molecule has 0 spiro atoms. The van der Waals surface area contributed by atoms with Gasteiger partial charge in [0.15, 0.2) is 0 Å². The number of aryl methyl sites for hydroxylation is 1. The molecule has 2 aromatic rings. The molecule has 100 valence electrons. The van der Waals surface area contributed by atoms with Crippen molar-refractivity contribution < 1.29 is 13.3 Å². The number of nitro benzene ring substituents is 1. The van der Waals surface area contributed by atoms with E-state index in [1.54, 1.807) is 7.05 Å². The molecule has 0 bridgehead atoms. The minimum absolute atomic E-state index is 0.0565. The normalized spacial score (nSPS) is 11.4. The van der Waals surface area contributed by atoms with Gasteiger partial charge >= 0.3 is 0 Å². The van der Waals surface area contributed by atoms with Crippen LogP contribution in [0, 0.1) is 10.1 Å². The molecule has 0 unspecified atom stereocenters. The summed E-state index contributed by atoms with van der Waals surface area (Å²) in [5.74, 6) is -0.320. The van der Waals surface area contributed by atoms with E-state index in [4.69, 9.17) is 0 Å². The first kappa shape index (κ1) is 13.2. The molecular weight excluding hydrogens is 270 g/mol. The Morgan fingerprint density at radius 2 is 2.16 bits per heavy atom. The summed E-state index contributed by atoms with van der Waals surface area (Å²) in [6.07, 6.45) is 2.92. The zero-order valence-electron chi connectivity index (χ0n) is 10.1. The first-order chi connectivity index (χ1) is 8.90. The van der Waals surface area contributed by atoms with Crippen LogP contribution in [-0.2, 0) is 22.6 Å². The van der Waals surface area contributed by atoms with Crippen molar-refractivity contribution in [2.45, 2.75) is 10.9 Å². The van der Waals surface area contributed by atoms with Gasteiger partial charge in [-0.3, -0.25) is 10.1 Å². The summed E-state index contributed by atoms with van der Waals surface area (Å²) >= 11 is 0. The number of nitrogens with zero attached hydrogens (tertiary/aromatic N) is 3. The van der Waals surface area contributed by atoms with Gasteiger partial charge in [-0.1, -0.05) is 12.1 Å². The van der Waals surface area contributed by atoms with Gasteiger partial charge in [-0.05, 0) is 5.56 Å². The molecule has 0 amide bonds. The van der Waals surface area contributed by atoms with Gasteiger partial charge in [0.05, 0.1) is 10.7 Å². The molecule has 0 saturated carbocycles. The Morgan fingerprint density at radius 3 is 2.74 bits per heavy atom. The van der Waals surface area contributed by atoms with Crippen molar-refractivity contribution in [1.82, 2.24) is 9.55 Å². The third kappa shape index (κ3) is 2.79. The highest BCUT2D eigenvalue weighted by Gasteiger charge is 2.20. The minimum atomic E-state index is -3.61. The molecule has 1 aromatic carbocycles. The third-order valence-electron chi connectivity index (χ3n) is 2.53. The predicted octanol–water partition coefficient (Wildman–Crippen LogP) is 1.30. The van der Waals surface area contributed by atoms with E-state index in [-0.39, 0.29) is 16.6 Å². The highest BCUT2D eigenvalue weighted by atomic mass is 32.2. The molecular formula is C11H11N3O4S. The number of imidazole rings is 1. The van der Waals surface area contributed by atoms with E-state index in [1.165, 1.54) is 41.2 Å². The van der Waals surface area contributed by atoms with Crippen LogP contribution in [0.15, 0.2) is 41.8 Å². The summed E-state index contributed by atoms with van der Waals surface area (Å²) in [7, 11) is -2.04. The average Bonchev–Trinajstić information content (AvgIpc) is 2.76. The van der Waals surface area contributed by atoms with Crippen molar-refractivity contribution in [3.63, 3.8) is 0 Å². The predicted molar refractivity (Wildman–Crippen MR) is 67.2 cm³/mol. The van der Waals surface area contributed by atoms with Crippen LogP contribution in [0.1, 0.15) is 5.56 Å². The molecule has 0 aliphatic rings. The molecule has 2 rings (SSSR count). The van der Waals surface area contributed by atoms with Crippen LogP contribution in [0.5, 0.6) is 0 Å². The highest BCUT2D eigenvalue weighted by Crippen LogP contribution is 2.18. The van der Waals surface area contributed by atoms with E-state index in [0.29, 0.717) is 5.56 Å². The quantitative estimate of drug-likeness (QED) is 0.621. The average molecular weight is 281 g/mol. The number of hydrogen-bond acceptors (Lipinski definition) is 5. The maximum Gasteiger partial charge on any atom is 0.269 e. The maximum absolute atomic E-state index is 12.1. The van der Waals surface area contributed by atoms with Gasteiger partial charge in [0.25, 0.3) is 5.69 Å². The second-order valence-electron chi connectivity index (χ2n) is 4.01. The third-order valence-corrected chi connectivity index (χ3v) is 4.20. The standard InChI is InChI=1S/C11H11N3O4S/c1-13-6-5-12-11(13)19(17,18)8-9-3-2-4-10(7-9)14(15)16/h2-7H,8H2,1H3. The first-order valence-electron chi connectivity index (χ1n) is 5.33. The fourth-order valence-corrected chi connectivity index (χ4v) is 3.16. The largest absolute Gasteiger partial charge is 0.325 e. The lowest BCUT2D eigenvalue weighted by molar-refractivity contribution is -0.384. The van der Waals surface area contributed by atoms with Gasteiger partial charge in [-0.2, -0.15) is 0 Å². The van der Waals surface area contributed by atoms with Crippen LogP contribution in [-0.4, -0.2) is 22.9 Å². The van der Waals surface area contributed by atoms with E-state index < -0.39 is 14.8 Å². The lowest BCUT2D eigenvalue weighted by Crippen LogP contribution is -2.10. The Morgan fingerprint density at radius 1 is 1.42 bits per heavy atom. The monoisotopic (exact) mass is 281 g/mol.